The number of carbonyl (C=O) groups is 1. The lowest BCUT2D eigenvalue weighted by molar-refractivity contribution is -0.384. The van der Waals surface area contributed by atoms with E-state index < -0.39 is 10.8 Å². The van der Waals surface area contributed by atoms with Gasteiger partial charge in [0, 0.05) is 12.1 Å². The largest absolute Gasteiger partial charge is 0.324 e. The summed E-state index contributed by atoms with van der Waals surface area (Å²) in [5.74, 6) is -0.532. The number of amides is 1. The maximum absolute atomic E-state index is 13.4. The summed E-state index contributed by atoms with van der Waals surface area (Å²) < 4.78 is 1.57. The van der Waals surface area contributed by atoms with Gasteiger partial charge in [0.15, 0.2) is 5.16 Å². The second-order valence-electron chi connectivity index (χ2n) is 7.61. The fourth-order valence-electron chi connectivity index (χ4n) is 3.61. The van der Waals surface area contributed by atoms with Crippen molar-refractivity contribution < 1.29 is 9.72 Å². The van der Waals surface area contributed by atoms with Crippen LogP contribution in [-0.4, -0.2) is 26.1 Å². The van der Waals surface area contributed by atoms with E-state index in [1.54, 1.807) is 28.8 Å². The Kier molecular flexibility index (Phi) is 6.89. The molecule has 1 unspecified atom stereocenters. The lowest BCUT2D eigenvalue weighted by Gasteiger charge is -2.20. The summed E-state index contributed by atoms with van der Waals surface area (Å²) in [5, 5.41) is 23.7. The first-order valence-electron chi connectivity index (χ1n) is 10.6. The highest BCUT2D eigenvalue weighted by Gasteiger charge is 2.19. The Morgan fingerprint density at radius 2 is 1.89 bits per heavy atom. The number of fused-ring (bicyclic) bond motifs is 1. The molecule has 3 aromatic carbocycles. The molecule has 0 radical (unpaired) electrons. The molecule has 0 spiro atoms. The van der Waals surface area contributed by atoms with Crippen LogP contribution >= 0.6 is 11.8 Å². The zero-order valence-corrected chi connectivity index (χ0v) is 19.4. The summed E-state index contributed by atoms with van der Waals surface area (Å²) in [5.41, 5.74) is 1.15. The summed E-state index contributed by atoms with van der Waals surface area (Å²) in [7, 11) is 0. The van der Waals surface area contributed by atoms with Crippen molar-refractivity contribution >= 4 is 39.9 Å². The second kappa shape index (κ2) is 10.2. The minimum absolute atomic E-state index is 0.0176. The quantitative estimate of drug-likeness (QED) is 0.176. The average Bonchev–Trinajstić information content (AvgIpc) is 2.88. The number of benzene rings is 3. The van der Waals surface area contributed by atoms with Crippen molar-refractivity contribution in [2.45, 2.75) is 18.1 Å². The standard InChI is InChI=1S/C25H19N5O4S/c1-16(17-7-3-2-4-8-17)29-24(32)20-9-5-6-10-22(20)28-25(29)35-15-23(31)27-21-12-11-19(30(33)34)13-18(21)14-26/h2-13,16H,15H2,1H3,(H,27,31). The molecule has 0 fully saturated rings. The van der Waals surface area contributed by atoms with Crippen LogP contribution in [0.5, 0.6) is 0 Å². The molecule has 1 heterocycles. The van der Waals surface area contributed by atoms with Crippen molar-refractivity contribution in [2.24, 2.45) is 0 Å². The minimum atomic E-state index is -0.610. The Morgan fingerprint density at radius 3 is 2.60 bits per heavy atom. The van der Waals surface area contributed by atoms with E-state index in [4.69, 9.17) is 0 Å². The Morgan fingerprint density at radius 1 is 1.17 bits per heavy atom. The van der Waals surface area contributed by atoms with Crippen molar-refractivity contribution in [3.05, 3.63) is 104 Å². The van der Waals surface area contributed by atoms with Gasteiger partial charge in [0.2, 0.25) is 5.91 Å². The number of nitro benzene ring substituents is 1. The predicted octanol–water partition coefficient (Wildman–Crippen LogP) is 4.52. The van der Waals surface area contributed by atoms with E-state index in [1.165, 1.54) is 12.1 Å². The van der Waals surface area contributed by atoms with Gasteiger partial charge >= 0.3 is 0 Å². The van der Waals surface area contributed by atoms with E-state index >= 15 is 0 Å². The minimum Gasteiger partial charge on any atom is -0.324 e. The van der Waals surface area contributed by atoms with Gasteiger partial charge in [-0.1, -0.05) is 54.2 Å². The van der Waals surface area contributed by atoms with Crippen molar-refractivity contribution in [1.29, 1.82) is 5.26 Å². The van der Waals surface area contributed by atoms with Gasteiger partial charge in [0.1, 0.15) is 6.07 Å². The highest BCUT2D eigenvalue weighted by Crippen LogP contribution is 2.26. The fourth-order valence-corrected chi connectivity index (χ4v) is 4.49. The molecular weight excluding hydrogens is 466 g/mol. The van der Waals surface area contributed by atoms with E-state index in [9.17, 15) is 25.0 Å². The van der Waals surface area contributed by atoms with Crippen LogP contribution in [0.25, 0.3) is 10.9 Å². The lowest BCUT2D eigenvalue weighted by Crippen LogP contribution is -2.27. The number of non-ortho nitro benzene ring substituents is 1. The van der Waals surface area contributed by atoms with E-state index in [1.807, 2.05) is 43.3 Å². The van der Waals surface area contributed by atoms with Crippen LogP contribution in [0.3, 0.4) is 0 Å². The van der Waals surface area contributed by atoms with Gasteiger partial charge in [-0.25, -0.2) is 4.98 Å². The number of rotatable bonds is 7. The Balaban J connectivity index is 1.63. The van der Waals surface area contributed by atoms with Gasteiger partial charge < -0.3 is 5.32 Å². The fraction of sp³-hybridized carbons (Fsp3) is 0.120. The number of nitriles is 1. The summed E-state index contributed by atoms with van der Waals surface area (Å²) in [6.45, 7) is 1.90. The first kappa shape index (κ1) is 23.7. The van der Waals surface area contributed by atoms with Crippen molar-refractivity contribution in [3.8, 4) is 6.07 Å². The monoisotopic (exact) mass is 485 g/mol. The number of nitro groups is 1. The van der Waals surface area contributed by atoms with E-state index in [0.29, 0.717) is 16.1 Å². The van der Waals surface area contributed by atoms with Crippen LogP contribution in [0.2, 0.25) is 0 Å². The average molecular weight is 486 g/mol. The van der Waals surface area contributed by atoms with Crippen LogP contribution in [0.15, 0.2) is 82.7 Å². The molecule has 0 saturated carbocycles. The molecular formula is C25H19N5O4S. The molecule has 4 rings (SSSR count). The second-order valence-corrected chi connectivity index (χ2v) is 8.55. The van der Waals surface area contributed by atoms with Crippen molar-refractivity contribution in [3.63, 3.8) is 0 Å². The number of para-hydroxylation sites is 1. The normalized spacial score (nSPS) is 11.5. The third-order valence-corrected chi connectivity index (χ3v) is 6.34. The molecule has 1 N–H and O–H groups in total. The molecule has 4 aromatic rings. The number of nitrogens with zero attached hydrogens (tertiary/aromatic N) is 4. The molecule has 0 bridgehead atoms. The number of hydrogen-bond donors (Lipinski definition) is 1. The molecule has 174 valence electrons. The summed E-state index contributed by atoms with van der Waals surface area (Å²) in [6.07, 6.45) is 0. The van der Waals surface area contributed by atoms with Gasteiger partial charge in [-0.3, -0.25) is 24.3 Å². The molecule has 1 aromatic heterocycles. The van der Waals surface area contributed by atoms with Crippen LogP contribution in [0.1, 0.15) is 24.1 Å². The third kappa shape index (κ3) is 5.05. The molecule has 0 aliphatic heterocycles. The van der Waals surface area contributed by atoms with E-state index in [0.717, 1.165) is 23.4 Å². The highest BCUT2D eigenvalue weighted by atomic mass is 32.2. The maximum Gasteiger partial charge on any atom is 0.270 e. The van der Waals surface area contributed by atoms with Gasteiger partial charge in [0.05, 0.1) is 38.9 Å². The number of carbonyl (C=O) groups excluding carboxylic acids is 1. The molecule has 9 nitrogen and oxygen atoms in total. The number of aromatic nitrogens is 2. The van der Waals surface area contributed by atoms with Crippen molar-refractivity contribution in [2.75, 3.05) is 11.1 Å². The molecule has 1 amide bonds. The zero-order chi connectivity index (χ0) is 24.9. The van der Waals surface area contributed by atoms with Crippen LogP contribution in [-0.2, 0) is 4.79 Å². The maximum atomic E-state index is 13.4. The summed E-state index contributed by atoms with van der Waals surface area (Å²) in [4.78, 5) is 41.0. The smallest absolute Gasteiger partial charge is 0.270 e. The van der Waals surface area contributed by atoms with Gasteiger partial charge in [-0.05, 0) is 30.7 Å². The Bertz CT molecular complexity index is 1530. The first-order valence-corrected chi connectivity index (χ1v) is 11.5. The Hall–Kier alpha value is -4.49. The molecule has 0 aliphatic rings. The van der Waals surface area contributed by atoms with Gasteiger partial charge in [-0.2, -0.15) is 5.26 Å². The third-order valence-electron chi connectivity index (χ3n) is 5.39. The highest BCUT2D eigenvalue weighted by molar-refractivity contribution is 7.99. The molecule has 10 heteroatoms. The predicted molar refractivity (Wildman–Crippen MR) is 133 cm³/mol. The molecule has 0 aliphatic carbocycles. The molecule has 1 atom stereocenters. The topological polar surface area (TPSA) is 131 Å². The van der Waals surface area contributed by atoms with Gasteiger partial charge in [-0.15, -0.1) is 0 Å². The SMILES string of the molecule is CC(c1ccccc1)n1c(SCC(=O)Nc2ccc([N+](=O)[O-])cc2C#N)nc2ccccc2c1=O. The number of hydrogen-bond acceptors (Lipinski definition) is 7. The van der Waals surface area contributed by atoms with Crippen LogP contribution in [0, 0.1) is 21.4 Å². The van der Waals surface area contributed by atoms with Crippen LogP contribution < -0.4 is 10.9 Å². The number of anilines is 1. The van der Waals surface area contributed by atoms with Crippen molar-refractivity contribution in [1.82, 2.24) is 9.55 Å². The molecule has 0 saturated heterocycles. The van der Waals surface area contributed by atoms with Gasteiger partial charge in [0.25, 0.3) is 11.2 Å². The summed E-state index contributed by atoms with van der Waals surface area (Å²) in [6, 6.07) is 21.7. The lowest BCUT2D eigenvalue weighted by atomic mass is 10.1. The Labute approximate surface area is 204 Å². The van der Waals surface area contributed by atoms with E-state index in [-0.39, 0.29) is 34.3 Å². The number of thioether (sulfide) groups is 1. The van der Waals surface area contributed by atoms with E-state index in [2.05, 4.69) is 10.3 Å². The zero-order valence-electron chi connectivity index (χ0n) is 18.5. The number of nitrogens with one attached hydrogen (secondary N) is 1. The van der Waals surface area contributed by atoms with Crippen LogP contribution in [0.4, 0.5) is 11.4 Å². The first-order chi connectivity index (χ1) is 16.9. The molecule has 35 heavy (non-hydrogen) atoms. The summed E-state index contributed by atoms with van der Waals surface area (Å²) >= 11 is 1.10.